The van der Waals surface area contributed by atoms with E-state index >= 15 is 0 Å². The lowest BCUT2D eigenvalue weighted by atomic mass is 10.1. The first-order chi connectivity index (χ1) is 9.88. The molecule has 2 aromatic rings. The van der Waals surface area contributed by atoms with Crippen molar-refractivity contribution in [3.8, 4) is 0 Å². The van der Waals surface area contributed by atoms with E-state index in [9.17, 15) is 13.6 Å². The van der Waals surface area contributed by atoms with Crippen molar-refractivity contribution in [2.75, 3.05) is 0 Å². The van der Waals surface area contributed by atoms with Crippen molar-refractivity contribution in [2.24, 2.45) is 0 Å². The number of aromatic nitrogens is 3. The van der Waals surface area contributed by atoms with Crippen LogP contribution in [0.15, 0.2) is 18.2 Å². The smallest absolute Gasteiger partial charge is 0.319 e. The number of aryl methyl sites for hydroxylation is 2. The van der Waals surface area contributed by atoms with E-state index < -0.39 is 12.5 Å². The highest BCUT2D eigenvalue weighted by Gasteiger charge is 2.20. The van der Waals surface area contributed by atoms with Crippen molar-refractivity contribution in [1.82, 2.24) is 20.1 Å². The van der Waals surface area contributed by atoms with E-state index in [0.717, 1.165) is 16.0 Å². The summed E-state index contributed by atoms with van der Waals surface area (Å²) < 4.78 is 26.6. The van der Waals surface area contributed by atoms with Crippen molar-refractivity contribution >= 4 is 5.91 Å². The van der Waals surface area contributed by atoms with Gasteiger partial charge < -0.3 is 5.32 Å². The topological polar surface area (TPSA) is 62.7 Å². The molecule has 2 aromatic heterocycles. The highest BCUT2D eigenvalue weighted by Crippen LogP contribution is 2.18. The summed E-state index contributed by atoms with van der Waals surface area (Å²) in [5.41, 5.74) is 2.07. The Morgan fingerprint density at radius 2 is 2.14 bits per heavy atom. The number of carbonyl (C=O) groups excluding carboxylic acids is 1. The van der Waals surface area contributed by atoms with E-state index in [1.54, 1.807) is 6.92 Å². The third-order valence-corrected chi connectivity index (χ3v) is 3.20. The minimum Gasteiger partial charge on any atom is -0.348 e. The normalized spacial score (nSPS) is 12.7. The molecule has 0 radical (unpaired) electrons. The molecule has 2 N–H and O–H groups in total. The van der Waals surface area contributed by atoms with Gasteiger partial charge in [0, 0.05) is 23.9 Å². The van der Waals surface area contributed by atoms with Gasteiger partial charge in [0.2, 0.25) is 0 Å². The summed E-state index contributed by atoms with van der Waals surface area (Å²) in [5.74, 6) is -0.511. The average molecular weight is 296 g/mol. The van der Waals surface area contributed by atoms with Crippen LogP contribution in [0.5, 0.6) is 0 Å². The lowest BCUT2D eigenvalue weighted by Crippen LogP contribution is -2.35. The van der Waals surface area contributed by atoms with Gasteiger partial charge in [-0.05, 0) is 39.0 Å². The molecule has 0 aliphatic rings. The number of hydrogen-bond donors (Lipinski definition) is 2. The molecule has 0 fully saturated rings. The molecule has 114 valence electrons. The SMILES string of the molecule is Cc1cc(CC(C)NC(=O)c2ccc(C)n2C(F)F)n[nH]1. The molecule has 2 heterocycles. The van der Waals surface area contributed by atoms with Gasteiger partial charge >= 0.3 is 6.55 Å². The molecule has 1 unspecified atom stereocenters. The average Bonchev–Trinajstić information content (AvgIpc) is 2.95. The molecule has 0 spiro atoms. The van der Waals surface area contributed by atoms with Gasteiger partial charge in [-0.1, -0.05) is 0 Å². The zero-order valence-corrected chi connectivity index (χ0v) is 12.2. The van der Waals surface area contributed by atoms with Gasteiger partial charge in [-0.3, -0.25) is 14.5 Å². The van der Waals surface area contributed by atoms with Crippen LogP contribution < -0.4 is 5.32 Å². The van der Waals surface area contributed by atoms with E-state index in [0.29, 0.717) is 12.1 Å². The Kier molecular flexibility index (Phi) is 4.40. The summed E-state index contributed by atoms with van der Waals surface area (Å²) in [7, 11) is 0. The molecule has 0 bridgehead atoms. The Balaban J connectivity index is 2.04. The fraction of sp³-hybridized carbons (Fsp3) is 0.429. The summed E-state index contributed by atoms with van der Waals surface area (Å²) >= 11 is 0. The minimum atomic E-state index is -2.73. The Morgan fingerprint density at radius 3 is 2.71 bits per heavy atom. The zero-order valence-electron chi connectivity index (χ0n) is 12.2. The van der Waals surface area contributed by atoms with Gasteiger partial charge in [0.05, 0.1) is 5.69 Å². The number of carbonyl (C=O) groups is 1. The van der Waals surface area contributed by atoms with Crippen molar-refractivity contribution in [1.29, 1.82) is 0 Å². The third kappa shape index (κ3) is 3.48. The molecule has 7 heteroatoms. The summed E-state index contributed by atoms with van der Waals surface area (Å²) in [5, 5.41) is 9.62. The van der Waals surface area contributed by atoms with Gasteiger partial charge in [0.25, 0.3) is 5.91 Å². The maximum Gasteiger partial charge on any atom is 0.319 e. The molecular weight excluding hydrogens is 278 g/mol. The molecule has 0 aromatic carbocycles. The number of alkyl halides is 2. The number of rotatable bonds is 5. The van der Waals surface area contributed by atoms with Crippen molar-refractivity contribution in [3.05, 3.63) is 41.0 Å². The number of aromatic amines is 1. The number of hydrogen-bond acceptors (Lipinski definition) is 2. The molecular formula is C14H18F2N4O. The molecule has 0 aliphatic carbocycles. The van der Waals surface area contributed by atoms with Crippen LogP contribution in [0.1, 0.15) is 41.0 Å². The Hall–Kier alpha value is -2.18. The Morgan fingerprint density at radius 1 is 1.43 bits per heavy atom. The number of H-pyrrole nitrogens is 1. The quantitative estimate of drug-likeness (QED) is 0.891. The first-order valence-electron chi connectivity index (χ1n) is 6.66. The zero-order chi connectivity index (χ0) is 15.6. The predicted octanol–water partition coefficient (Wildman–Crippen LogP) is 2.58. The fourth-order valence-corrected chi connectivity index (χ4v) is 2.24. The molecule has 5 nitrogen and oxygen atoms in total. The van der Waals surface area contributed by atoms with Gasteiger partial charge in [0.15, 0.2) is 0 Å². The van der Waals surface area contributed by atoms with Crippen LogP contribution >= 0.6 is 0 Å². The van der Waals surface area contributed by atoms with E-state index in [1.807, 2.05) is 19.9 Å². The van der Waals surface area contributed by atoms with Gasteiger partial charge in [-0.25, -0.2) is 0 Å². The second kappa shape index (κ2) is 6.07. The monoisotopic (exact) mass is 296 g/mol. The number of halogens is 2. The van der Waals surface area contributed by atoms with E-state index in [2.05, 4.69) is 15.5 Å². The lowest BCUT2D eigenvalue weighted by molar-refractivity contribution is 0.0614. The van der Waals surface area contributed by atoms with Crippen molar-refractivity contribution < 1.29 is 13.6 Å². The first-order valence-corrected chi connectivity index (χ1v) is 6.66. The second-order valence-corrected chi connectivity index (χ2v) is 5.13. The maximum atomic E-state index is 12.9. The molecule has 0 saturated heterocycles. The summed E-state index contributed by atoms with van der Waals surface area (Å²) in [4.78, 5) is 12.1. The van der Waals surface area contributed by atoms with E-state index in [4.69, 9.17) is 0 Å². The Bertz CT molecular complexity index is 633. The van der Waals surface area contributed by atoms with Crippen LogP contribution in [0.2, 0.25) is 0 Å². The van der Waals surface area contributed by atoms with Crippen molar-refractivity contribution in [3.63, 3.8) is 0 Å². The highest BCUT2D eigenvalue weighted by atomic mass is 19.3. The van der Waals surface area contributed by atoms with Crippen LogP contribution in [0.25, 0.3) is 0 Å². The number of nitrogens with one attached hydrogen (secondary N) is 2. The van der Waals surface area contributed by atoms with Crippen LogP contribution in [-0.4, -0.2) is 26.7 Å². The van der Waals surface area contributed by atoms with Gasteiger partial charge in [0.1, 0.15) is 5.69 Å². The summed E-state index contributed by atoms with van der Waals surface area (Å²) in [6.45, 7) is 2.51. The minimum absolute atomic E-state index is 0.0347. The van der Waals surface area contributed by atoms with Crippen LogP contribution in [-0.2, 0) is 6.42 Å². The van der Waals surface area contributed by atoms with Crippen LogP contribution in [0.4, 0.5) is 8.78 Å². The number of nitrogens with zero attached hydrogens (tertiary/aromatic N) is 2. The second-order valence-electron chi connectivity index (χ2n) is 5.13. The third-order valence-electron chi connectivity index (χ3n) is 3.20. The van der Waals surface area contributed by atoms with Crippen LogP contribution in [0.3, 0.4) is 0 Å². The maximum absolute atomic E-state index is 12.9. The van der Waals surface area contributed by atoms with Crippen molar-refractivity contribution in [2.45, 2.75) is 39.8 Å². The lowest BCUT2D eigenvalue weighted by Gasteiger charge is -2.14. The molecule has 0 saturated carbocycles. The van der Waals surface area contributed by atoms with Gasteiger partial charge in [-0.2, -0.15) is 13.9 Å². The van der Waals surface area contributed by atoms with Gasteiger partial charge in [-0.15, -0.1) is 0 Å². The van der Waals surface area contributed by atoms with E-state index in [-0.39, 0.29) is 11.7 Å². The standard InChI is InChI=1S/C14H18F2N4O/c1-8(6-11-7-9(2)18-19-11)17-13(21)12-5-4-10(3)20(12)14(15)16/h4-5,7-8,14H,6H2,1-3H3,(H,17,21)(H,18,19). The first kappa shape index (κ1) is 15.2. The molecule has 0 aliphatic heterocycles. The Labute approximate surface area is 121 Å². The highest BCUT2D eigenvalue weighted by molar-refractivity contribution is 5.93. The molecule has 1 atom stereocenters. The molecule has 2 rings (SSSR count). The predicted molar refractivity (Wildman–Crippen MR) is 74.4 cm³/mol. The van der Waals surface area contributed by atoms with Crippen LogP contribution in [0, 0.1) is 13.8 Å². The fourth-order valence-electron chi connectivity index (χ4n) is 2.24. The molecule has 21 heavy (non-hydrogen) atoms. The van der Waals surface area contributed by atoms with E-state index in [1.165, 1.54) is 12.1 Å². The largest absolute Gasteiger partial charge is 0.348 e. The number of amides is 1. The summed E-state index contributed by atoms with van der Waals surface area (Å²) in [6.07, 6.45) is 0.532. The summed E-state index contributed by atoms with van der Waals surface area (Å²) in [6, 6.07) is 4.58. The molecule has 1 amide bonds.